The second-order valence-electron chi connectivity index (χ2n) is 5.84. The van der Waals surface area contributed by atoms with Crippen molar-refractivity contribution in [3.05, 3.63) is 42.1 Å². The normalized spacial score (nSPS) is 11.3. The Morgan fingerprint density at radius 1 is 1.29 bits per heavy atom. The third-order valence-corrected chi connectivity index (χ3v) is 3.77. The van der Waals surface area contributed by atoms with E-state index in [4.69, 9.17) is 15.6 Å². The van der Waals surface area contributed by atoms with E-state index in [1.165, 1.54) is 10.9 Å². The van der Waals surface area contributed by atoms with Crippen molar-refractivity contribution in [1.82, 2.24) is 20.4 Å². The van der Waals surface area contributed by atoms with Gasteiger partial charge in [-0.3, -0.25) is 9.48 Å². The molecule has 0 saturated carbocycles. The van der Waals surface area contributed by atoms with Crippen LogP contribution in [0, 0.1) is 0 Å². The molecule has 0 radical (unpaired) electrons. The van der Waals surface area contributed by atoms with Crippen molar-refractivity contribution in [3.63, 3.8) is 0 Å². The molecule has 150 valence electrons. The molecule has 0 fully saturated rings. The summed E-state index contributed by atoms with van der Waals surface area (Å²) >= 11 is 0. The Kier molecular flexibility index (Phi) is 7.20. The van der Waals surface area contributed by atoms with Gasteiger partial charge in [0, 0.05) is 13.6 Å². The Hall–Kier alpha value is -3.76. The molecule has 1 aromatic heterocycles. The van der Waals surface area contributed by atoms with Crippen molar-refractivity contribution in [3.8, 4) is 0 Å². The maximum atomic E-state index is 12.5. The number of aromatic nitrogens is 2. The van der Waals surface area contributed by atoms with Crippen LogP contribution in [0.25, 0.3) is 0 Å². The average Bonchev–Trinajstić information content (AvgIpc) is 2.98. The smallest absolute Gasteiger partial charge is 0.408 e. The Balaban J connectivity index is 1.96. The van der Waals surface area contributed by atoms with Crippen molar-refractivity contribution in [2.45, 2.75) is 19.1 Å². The summed E-state index contributed by atoms with van der Waals surface area (Å²) in [6.07, 6.45) is -0.660. The molecule has 0 bridgehead atoms. The van der Waals surface area contributed by atoms with Crippen LogP contribution in [0.4, 0.5) is 21.1 Å². The summed E-state index contributed by atoms with van der Waals surface area (Å²) in [4.78, 5) is 35.2. The van der Waals surface area contributed by atoms with Crippen molar-refractivity contribution in [1.29, 1.82) is 0 Å². The molecule has 0 spiro atoms. The SMILES string of the molecule is Cn1ncc(NC(=O)[C@H](CCNC(=O)O)NC(=O)OCc2ccccc2)c1N. The molecule has 3 amide bonds. The Bertz CT molecular complexity index is 823. The maximum Gasteiger partial charge on any atom is 0.408 e. The lowest BCUT2D eigenvalue weighted by atomic mass is 10.2. The van der Waals surface area contributed by atoms with E-state index in [1.807, 2.05) is 18.2 Å². The highest BCUT2D eigenvalue weighted by Gasteiger charge is 2.23. The first-order chi connectivity index (χ1) is 13.4. The van der Waals surface area contributed by atoms with Gasteiger partial charge in [-0.2, -0.15) is 5.10 Å². The van der Waals surface area contributed by atoms with Crippen LogP contribution in [0.5, 0.6) is 0 Å². The monoisotopic (exact) mass is 390 g/mol. The van der Waals surface area contributed by atoms with Gasteiger partial charge < -0.3 is 31.5 Å². The quantitative estimate of drug-likeness (QED) is 0.447. The van der Waals surface area contributed by atoms with E-state index >= 15 is 0 Å². The zero-order chi connectivity index (χ0) is 20.5. The minimum Gasteiger partial charge on any atom is -0.465 e. The van der Waals surface area contributed by atoms with Crippen LogP contribution < -0.4 is 21.7 Å². The molecule has 28 heavy (non-hydrogen) atoms. The largest absolute Gasteiger partial charge is 0.465 e. The Morgan fingerprint density at radius 2 is 2.00 bits per heavy atom. The van der Waals surface area contributed by atoms with Gasteiger partial charge in [-0.25, -0.2) is 9.59 Å². The molecule has 0 aliphatic heterocycles. The third kappa shape index (κ3) is 6.20. The van der Waals surface area contributed by atoms with Gasteiger partial charge in [0.1, 0.15) is 24.2 Å². The predicted molar refractivity (Wildman–Crippen MR) is 100 cm³/mol. The van der Waals surface area contributed by atoms with Crippen molar-refractivity contribution < 1.29 is 24.2 Å². The fourth-order valence-electron chi connectivity index (χ4n) is 2.26. The topological polar surface area (TPSA) is 161 Å². The van der Waals surface area contributed by atoms with E-state index < -0.39 is 24.1 Å². The van der Waals surface area contributed by atoms with Crippen molar-refractivity contribution in [2.24, 2.45) is 7.05 Å². The van der Waals surface area contributed by atoms with Crippen LogP contribution in [0.2, 0.25) is 0 Å². The molecule has 11 nitrogen and oxygen atoms in total. The Morgan fingerprint density at radius 3 is 2.61 bits per heavy atom. The number of nitrogens with two attached hydrogens (primary N) is 1. The number of carboxylic acid groups (broad SMARTS) is 1. The predicted octanol–water partition coefficient (Wildman–Crippen LogP) is 0.894. The summed E-state index contributed by atoms with van der Waals surface area (Å²) in [5.74, 6) is -0.342. The number of alkyl carbamates (subject to hydrolysis) is 1. The zero-order valence-electron chi connectivity index (χ0n) is 15.2. The molecule has 1 atom stereocenters. The fraction of sp³-hybridized carbons (Fsp3) is 0.294. The number of carbonyl (C=O) groups is 3. The second kappa shape index (κ2) is 9.80. The first kappa shape index (κ1) is 20.6. The number of rotatable bonds is 8. The van der Waals surface area contributed by atoms with Crippen LogP contribution >= 0.6 is 0 Å². The zero-order valence-corrected chi connectivity index (χ0v) is 15.2. The van der Waals surface area contributed by atoms with Crippen LogP contribution in [0.3, 0.4) is 0 Å². The molecule has 2 rings (SSSR count). The van der Waals surface area contributed by atoms with Crippen LogP contribution in [0.1, 0.15) is 12.0 Å². The number of hydrogen-bond acceptors (Lipinski definition) is 6. The number of carbonyl (C=O) groups excluding carboxylic acids is 2. The van der Waals surface area contributed by atoms with Gasteiger partial charge in [0.2, 0.25) is 5.91 Å². The van der Waals surface area contributed by atoms with E-state index in [9.17, 15) is 14.4 Å². The lowest BCUT2D eigenvalue weighted by Crippen LogP contribution is -2.45. The van der Waals surface area contributed by atoms with Gasteiger partial charge in [-0.1, -0.05) is 30.3 Å². The molecule has 11 heteroatoms. The number of nitrogens with zero attached hydrogens (tertiary/aromatic N) is 2. The Labute approximate surface area is 160 Å². The minimum atomic E-state index is -1.23. The summed E-state index contributed by atoms with van der Waals surface area (Å²) < 4.78 is 6.48. The highest BCUT2D eigenvalue weighted by atomic mass is 16.5. The summed E-state index contributed by atoms with van der Waals surface area (Å²) in [5, 5.41) is 19.7. The maximum absolute atomic E-state index is 12.5. The standard InChI is InChI=1S/C17H22N6O5/c1-23-14(18)13(9-20-23)21-15(24)12(7-8-19-16(25)26)22-17(27)28-10-11-5-3-2-4-6-11/h2-6,9,12,19H,7-8,10,18H2,1H3,(H,21,24)(H,22,27)(H,25,26)/t12-/m0/s1. The third-order valence-electron chi connectivity index (χ3n) is 3.77. The summed E-state index contributed by atoms with van der Waals surface area (Å²) in [5.41, 5.74) is 6.85. The van der Waals surface area contributed by atoms with E-state index in [-0.39, 0.29) is 31.1 Å². The molecule has 0 aliphatic rings. The number of hydrogen-bond donors (Lipinski definition) is 5. The molecular weight excluding hydrogens is 368 g/mol. The van der Waals surface area contributed by atoms with Crippen LogP contribution in [-0.4, -0.2) is 45.6 Å². The van der Waals surface area contributed by atoms with Crippen LogP contribution in [0.15, 0.2) is 36.5 Å². The number of ether oxygens (including phenoxy) is 1. The van der Waals surface area contributed by atoms with E-state index in [0.717, 1.165) is 5.56 Å². The molecule has 2 aromatic rings. The molecule has 6 N–H and O–H groups in total. The lowest BCUT2D eigenvalue weighted by Gasteiger charge is -2.18. The minimum absolute atomic E-state index is 0.0126. The summed E-state index contributed by atoms with van der Waals surface area (Å²) in [7, 11) is 1.61. The number of aryl methyl sites for hydroxylation is 1. The second-order valence-corrected chi connectivity index (χ2v) is 5.84. The van der Waals surface area contributed by atoms with Gasteiger partial charge in [-0.05, 0) is 12.0 Å². The number of amides is 3. The number of benzene rings is 1. The first-order valence-corrected chi connectivity index (χ1v) is 8.39. The highest BCUT2D eigenvalue weighted by molar-refractivity contribution is 5.98. The van der Waals surface area contributed by atoms with E-state index in [0.29, 0.717) is 0 Å². The molecule has 1 aromatic carbocycles. The number of anilines is 2. The van der Waals surface area contributed by atoms with Crippen LogP contribution in [-0.2, 0) is 23.2 Å². The van der Waals surface area contributed by atoms with Gasteiger partial charge in [0.05, 0.1) is 6.20 Å². The molecular formula is C17H22N6O5. The fourth-order valence-corrected chi connectivity index (χ4v) is 2.26. The average molecular weight is 390 g/mol. The summed E-state index contributed by atoms with van der Waals surface area (Å²) in [6.45, 7) is -0.0150. The number of nitrogen functional groups attached to an aromatic ring is 1. The molecule has 0 saturated heterocycles. The van der Waals surface area contributed by atoms with Gasteiger partial charge in [0.15, 0.2) is 0 Å². The van der Waals surface area contributed by atoms with E-state index in [2.05, 4.69) is 21.0 Å². The van der Waals surface area contributed by atoms with Gasteiger partial charge in [0.25, 0.3) is 0 Å². The molecule has 0 unspecified atom stereocenters. The summed E-state index contributed by atoms with van der Waals surface area (Å²) in [6, 6.07) is 7.99. The van der Waals surface area contributed by atoms with Crippen molar-refractivity contribution >= 4 is 29.6 Å². The first-order valence-electron chi connectivity index (χ1n) is 8.39. The number of nitrogens with one attached hydrogen (secondary N) is 3. The molecule has 0 aliphatic carbocycles. The van der Waals surface area contributed by atoms with Crippen molar-refractivity contribution in [2.75, 3.05) is 17.6 Å². The highest BCUT2D eigenvalue weighted by Crippen LogP contribution is 2.16. The van der Waals surface area contributed by atoms with E-state index in [1.54, 1.807) is 19.2 Å². The lowest BCUT2D eigenvalue weighted by molar-refractivity contribution is -0.118. The molecule has 1 heterocycles. The van der Waals surface area contributed by atoms with Gasteiger partial charge in [-0.15, -0.1) is 0 Å². The van der Waals surface area contributed by atoms with Gasteiger partial charge >= 0.3 is 12.2 Å².